The van der Waals surface area contributed by atoms with Crippen molar-refractivity contribution >= 4 is 28.5 Å². The number of nitrogens with one attached hydrogen (secondary N) is 1. The van der Waals surface area contributed by atoms with E-state index in [9.17, 15) is 9.59 Å². The van der Waals surface area contributed by atoms with E-state index in [1.165, 1.54) is 0 Å². The molecule has 2 amide bonds. The van der Waals surface area contributed by atoms with Crippen molar-refractivity contribution in [3.63, 3.8) is 0 Å². The number of piperidine rings is 1. The number of nitrogens with zero attached hydrogens (tertiary/aromatic N) is 4. The molecule has 1 N–H and O–H groups in total. The topological polar surface area (TPSA) is 80.1 Å². The molecule has 36 heavy (non-hydrogen) atoms. The molecule has 1 aliphatic heterocycles. The number of aryl methyl sites for hydroxylation is 1. The number of rotatable bonds is 5. The predicted molar refractivity (Wildman–Crippen MR) is 142 cm³/mol. The fraction of sp³-hybridized carbons (Fsp3) is 0.310. The summed E-state index contributed by atoms with van der Waals surface area (Å²) in [6, 6.07) is 19.6. The second-order valence-corrected chi connectivity index (χ2v) is 9.71. The summed E-state index contributed by atoms with van der Waals surface area (Å²) in [4.78, 5) is 33.3. The predicted octanol–water partition coefficient (Wildman–Crippen LogP) is 5.48. The van der Waals surface area contributed by atoms with Crippen LogP contribution in [0.2, 0.25) is 0 Å². The first-order valence-electron chi connectivity index (χ1n) is 12.5. The summed E-state index contributed by atoms with van der Waals surface area (Å²) in [6.45, 7) is 7.23. The maximum absolute atomic E-state index is 13.8. The van der Waals surface area contributed by atoms with Crippen molar-refractivity contribution in [2.75, 3.05) is 18.4 Å². The van der Waals surface area contributed by atoms with E-state index < -0.39 is 0 Å². The Morgan fingerprint density at radius 1 is 1.00 bits per heavy atom. The molecule has 4 aromatic rings. The number of anilines is 1. The standard InChI is InChI=1S/C29H31N5O2/c1-19(2)34-27-25(18-30-34)24(17-26(32-27)23-12-8-7-9-20(23)3)29(36)33-15-13-21(14-16-33)28(35)31-22-10-5-4-6-11-22/h4-12,17-19,21H,13-16H2,1-3H3,(H,31,35). The van der Waals surface area contributed by atoms with Crippen molar-refractivity contribution in [3.05, 3.63) is 78.0 Å². The number of aromatic nitrogens is 3. The van der Waals surface area contributed by atoms with Crippen LogP contribution in [0.15, 0.2) is 66.9 Å². The Morgan fingerprint density at radius 3 is 2.39 bits per heavy atom. The van der Waals surface area contributed by atoms with Gasteiger partial charge >= 0.3 is 0 Å². The minimum Gasteiger partial charge on any atom is -0.339 e. The molecule has 184 valence electrons. The van der Waals surface area contributed by atoms with Crippen LogP contribution in [0, 0.1) is 12.8 Å². The molecule has 0 saturated carbocycles. The second kappa shape index (κ2) is 9.93. The lowest BCUT2D eigenvalue weighted by atomic mass is 9.95. The van der Waals surface area contributed by atoms with E-state index in [0.29, 0.717) is 37.1 Å². The average molecular weight is 482 g/mol. The number of hydrogen-bond donors (Lipinski definition) is 1. The summed E-state index contributed by atoms with van der Waals surface area (Å²) in [6.07, 6.45) is 3.01. The molecular formula is C29H31N5O2. The van der Waals surface area contributed by atoms with Gasteiger partial charge in [0.25, 0.3) is 5.91 Å². The molecule has 0 atom stereocenters. The van der Waals surface area contributed by atoms with Crippen molar-refractivity contribution < 1.29 is 9.59 Å². The van der Waals surface area contributed by atoms with Gasteiger partial charge in [-0.25, -0.2) is 9.67 Å². The van der Waals surface area contributed by atoms with E-state index in [2.05, 4.69) is 24.3 Å². The molecule has 1 aliphatic rings. The first kappa shape index (κ1) is 23.7. The van der Waals surface area contributed by atoms with Crippen LogP contribution >= 0.6 is 0 Å². The van der Waals surface area contributed by atoms with Gasteiger partial charge in [-0.15, -0.1) is 0 Å². The normalized spacial score (nSPS) is 14.4. The van der Waals surface area contributed by atoms with Gasteiger partial charge in [-0.3, -0.25) is 9.59 Å². The van der Waals surface area contributed by atoms with Gasteiger partial charge in [-0.2, -0.15) is 5.10 Å². The lowest BCUT2D eigenvalue weighted by molar-refractivity contribution is -0.121. The number of likely N-dealkylation sites (tertiary alicyclic amines) is 1. The summed E-state index contributed by atoms with van der Waals surface area (Å²) in [5.74, 6) is -0.139. The Balaban J connectivity index is 1.40. The third-order valence-corrected chi connectivity index (χ3v) is 6.90. The largest absolute Gasteiger partial charge is 0.339 e. The average Bonchev–Trinajstić information content (AvgIpc) is 3.33. The number of pyridine rings is 1. The minimum absolute atomic E-state index is 0.0136. The Kier molecular flexibility index (Phi) is 6.55. The molecule has 5 rings (SSSR count). The number of carbonyl (C=O) groups is 2. The molecule has 1 fully saturated rings. The highest BCUT2D eigenvalue weighted by atomic mass is 16.2. The van der Waals surface area contributed by atoms with Crippen molar-refractivity contribution in [1.29, 1.82) is 0 Å². The number of benzene rings is 2. The molecule has 0 radical (unpaired) electrons. The summed E-state index contributed by atoms with van der Waals surface area (Å²) in [5, 5.41) is 8.30. The highest BCUT2D eigenvalue weighted by Gasteiger charge is 2.29. The summed E-state index contributed by atoms with van der Waals surface area (Å²) in [5.41, 5.74) is 4.99. The molecule has 1 saturated heterocycles. The van der Waals surface area contributed by atoms with Gasteiger partial charge in [-0.1, -0.05) is 42.5 Å². The number of fused-ring (bicyclic) bond motifs is 1. The van der Waals surface area contributed by atoms with E-state index in [1.54, 1.807) is 6.20 Å². The van der Waals surface area contributed by atoms with Crippen LogP contribution in [0.4, 0.5) is 5.69 Å². The Morgan fingerprint density at radius 2 is 1.69 bits per heavy atom. The molecular weight excluding hydrogens is 450 g/mol. The van der Waals surface area contributed by atoms with E-state index in [1.807, 2.05) is 77.2 Å². The monoisotopic (exact) mass is 481 g/mol. The summed E-state index contributed by atoms with van der Waals surface area (Å²) < 4.78 is 1.87. The van der Waals surface area contributed by atoms with Crippen LogP contribution in [-0.4, -0.2) is 44.6 Å². The van der Waals surface area contributed by atoms with Gasteiger partial charge in [0.2, 0.25) is 5.91 Å². The quantitative estimate of drug-likeness (QED) is 0.409. The molecule has 7 heteroatoms. The maximum atomic E-state index is 13.8. The molecule has 3 heterocycles. The summed E-state index contributed by atoms with van der Waals surface area (Å²) in [7, 11) is 0. The van der Waals surface area contributed by atoms with Crippen molar-refractivity contribution in [2.45, 2.75) is 39.7 Å². The van der Waals surface area contributed by atoms with Crippen LogP contribution in [0.25, 0.3) is 22.3 Å². The van der Waals surface area contributed by atoms with Crippen molar-refractivity contribution in [3.8, 4) is 11.3 Å². The van der Waals surface area contributed by atoms with Crippen LogP contribution in [0.5, 0.6) is 0 Å². The van der Waals surface area contributed by atoms with E-state index in [-0.39, 0.29) is 23.8 Å². The second-order valence-electron chi connectivity index (χ2n) is 9.71. The number of hydrogen-bond acceptors (Lipinski definition) is 4. The number of amides is 2. The molecule has 7 nitrogen and oxygen atoms in total. The first-order chi connectivity index (χ1) is 17.4. The molecule has 0 aliphatic carbocycles. The maximum Gasteiger partial charge on any atom is 0.254 e. The number of carbonyl (C=O) groups excluding carboxylic acids is 2. The number of para-hydroxylation sites is 1. The fourth-order valence-electron chi connectivity index (χ4n) is 4.85. The zero-order valence-corrected chi connectivity index (χ0v) is 20.9. The van der Waals surface area contributed by atoms with Crippen LogP contribution in [-0.2, 0) is 4.79 Å². The van der Waals surface area contributed by atoms with Crippen LogP contribution in [0.3, 0.4) is 0 Å². The Labute approximate surface area is 211 Å². The van der Waals surface area contributed by atoms with E-state index in [4.69, 9.17) is 4.98 Å². The molecule has 2 aromatic carbocycles. The highest BCUT2D eigenvalue weighted by molar-refractivity contribution is 6.06. The lowest BCUT2D eigenvalue weighted by Crippen LogP contribution is -2.41. The first-order valence-corrected chi connectivity index (χ1v) is 12.5. The fourth-order valence-corrected chi connectivity index (χ4v) is 4.85. The minimum atomic E-state index is -0.113. The zero-order chi connectivity index (χ0) is 25.2. The molecule has 0 unspecified atom stereocenters. The van der Waals surface area contributed by atoms with Gasteiger partial charge in [0.05, 0.1) is 22.8 Å². The highest BCUT2D eigenvalue weighted by Crippen LogP contribution is 2.30. The smallest absolute Gasteiger partial charge is 0.254 e. The van der Waals surface area contributed by atoms with Gasteiger partial charge in [-0.05, 0) is 57.4 Å². The third kappa shape index (κ3) is 4.61. The van der Waals surface area contributed by atoms with E-state index in [0.717, 1.165) is 27.9 Å². The lowest BCUT2D eigenvalue weighted by Gasteiger charge is -2.31. The van der Waals surface area contributed by atoms with Crippen molar-refractivity contribution in [1.82, 2.24) is 19.7 Å². The third-order valence-electron chi connectivity index (χ3n) is 6.90. The van der Waals surface area contributed by atoms with Gasteiger partial charge in [0.1, 0.15) is 0 Å². The Bertz CT molecular complexity index is 1400. The molecule has 2 aromatic heterocycles. The summed E-state index contributed by atoms with van der Waals surface area (Å²) >= 11 is 0. The zero-order valence-electron chi connectivity index (χ0n) is 20.9. The van der Waals surface area contributed by atoms with Gasteiger partial charge in [0, 0.05) is 36.3 Å². The SMILES string of the molecule is Cc1ccccc1-c1cc(C(=O)N2CCC(C(=O)Nc3ccccc3)CC2)c2cnn(C(C)C)c2n1. The van der Waals surface area contributed by atoms with E-state index >= 15 is 0 Å². The van der Waals surface area contributed by atoms with Crippen LogP contribution < -0.4 is 5.32 Å². The molecule has 0 spiro atoms. The van der Waals surface area contributed by atoms with Gasteiger partial charge < -0.3 is 10.2 Å². The van der Waals surface area contributed by atoms with Crippen molar-refractivity contribution in [2.24, 2.45) is 5.92 Å². The Hall–Kier alpha value is -4.00. The van der Waals surface area contributed by atoms with Crippen LogP contribution in [0.1, 0.15) is 48.7 Å². The van der Waals surface area contributed by atoms with Gasteiger partial charge in [0.15, 0.2) is 5.65 Å². The molecule has 0 bridgehead atoms.